The lowest BCUT2D eigenvalue weighted by Crippen LogP contribution is -2.50. The van der Waals surface area contributed by atoms with Gasteiger partial charge in [-0.2, -0.15) is 5.10 Å². The summed E-state index contributed by atoms with van der Waals surface area (Å²) in [5.41, 5.74) is 3.48. The smallest absolute Gasteiger partial charge is 0.341 e. The first kappa shape index (κ1) is 18.3. The third-order valence-electron chi connectivity index (χ3n) is 10.4. The number of aromatic amines is 1. The maximum Gasteiger partial charge on any atom is 0.341 e. The zero-order valence-corrected chi connectivity index (χ0v) is 18.4. The Labute approximate surface area is 179 Å². The summed E-state index contributed by atoms with van der Waals surface area (Å²) in [4.78, 5) is 13.5. The lowest BCUT2D eigenvalue weighted by atomic mass is 9.47. The van der Waals surface area contributed by atoms with Gasteiger partial charge < -0.3 is 4.74 Å². The fourth-order valence-corrected chi connectivity index (χ4v) is 10.3. The third kappa shape index (κ3) is 2.45. The maximum atomic E-state index is 13.5. The molecule has 4 heteroatoms. The molecule has 1 aromatic rings. The summed E-state index contributed by atoms with van der Waals surface area (Å²) in [5.74, 6) is 5.04. The Bertz CT molecular complexity index is 752. The molecule has 8 fully saturated rings. The number of hydrogen-bond donors (Lipinski definition) is 1. The Morgan fingerprint density at radius 1 is 0.833 bits per heavy atom. The maximum absolute atomic E-state index is 13.5. The Hall–Kier alpha value is -1.32. The normalized spacial score (nSPS) is 47.8. The van der Waals surface area contributed by atoms with Crippen LogP contribution in [0.25, 0.3) is 0 Å². The van der Waals surface area contributed by atoms with Crippen molar-refractivity contribution < 1.29 is 9.53 Å². The second-order valence-corrected chi connectivity index (χ2v) is 12.4. The number of nitrogens with one attached hydrogen (secondary N) is 1. The molecule has 1 heterocycles. The van der Waals surface area contributed by atoms with Crippen molar-refractivity contribution in [1.29, 1.82) is 0 Å². The largest absolute Gasteiger partial charge is 0.462 e. The molecule has 0 saturated heterocycles. The molecular weight excluding hydrogens is 372 g/mol. The van der Waals surface area contributed by atoms with Crippen LogP contribution in [0.4, 0.5) is 0 Å². The average molecular weight is 409 g/mol. The van der Waals surface area contributed by atoms with Crippen LogP contribution in [0.5, 0.6) is 0 Å². The fourth-order valence-electron chi connectivity index (χ4n) is 10.3. The summed E-state index contributed by atoms with van der Waals surface area (Å²) in [6, 6.07) is 0. The highest BCUT2D eigenvalue weighted by atomic mass is 16.5. The number of carbonyl (C=O) groups is 1. The molecule has 0 aliphatic heterocycles. The molecule has 8 saturated carbocycles. The van der Waals surface area contributed by atoms with Gasteiger partial charge in [-0.15, -0.1) is 0 Å². The molecule has 30 heavy (non-hydrogen) atoms. The Morgan fingerprint density at radius 3 is 1.70 bits per heavy atom. The van der Waals surface area contributed by atoms with Gasteiger partial charge in [-0.05, 0) is 119 Å². The van der Waals surface area contributed by atoms with Gasteiger partial charge in [0.2, 0.25) is 0 Å². The Balaban J connectivity index is 1.35. The third-order valence-corrected chi connectivity index (χ3v) is 10.4. The zero-order chi connectivity index (χ0) is 20.1. The van der Waals surface area contributed by atoms with Crippen molar-refractivity contribution in [2.75, 3.05) is 6.61 Å². The molecular formula is C26H36N2O2. The summed E-state index contributed by atoms with van der Waals surface area (Å²) < 4.78 is 5.70. The summed E-state index contributed by atoms with van der Waals surface area (Å²) in [7, 11) is 0. The van der Waals surface area contributed by atoms with Crippen LogP contribution in [0.15, 0.2) is 0 Å². The molecule has 9 rings (SSSR count). The predicted octanol–water partition coefficient (Wildman–Crippen LogP) is 5.52. The highest BCUT2D eigenvalue weighted by Gasteiger charge is 2.57. The molecule has 0 unspecified atom stereocenters. The number of nitrogens with zero attached hydrogens (tertiary/aromatic N) is 1. The second kappa shape index (κ2) is 6.13. The number of hydrogen-bond acceptors (Lipinski definition) is 3. The van der Waals surface area contributed by atoms with Crippen LogP contribution < -0.4 is 0 Å². The molecule has 0 radical (unpaired) electrons. The molecule has 1 N–H and O–H groups in total. The van der Waals surface area contributed by atoms with Crippen LogP contribution in [-0.2, 0) is 15.6 Å². The van der Waals surface area contributed by atoms with E-state index in [-0.39, 0.29) is 16.8 Å². The van der Waals surface area contributed by atoms with Crippen LogP contribution in [-0.4, -0.2) is 22.8 Å². The Morgan fingerprint density at radius 2 is 1.27 bits per heavy atom. The van der Waals surface area contributed by atoms with Gasteiger partial charge in [-0.1, -0.05) is 0 Å². The van der Waals surface area contributed by atoms with E-state index in [2.05, 4.69) is 5.10 Å². The monoisotopic (exact) mass is 408 g/mol. The zero-order valence-electron chi connectivity index (χ0n) is 18.4. The van der Waals surface area contributed by atoms with E-state index < -0.39 is 0 Å². The van der Waals surface area contributed by atoms with Crippen molar-refractivity contribution in [1.82, 2.24) is 10.2 Å². The summed E-state index contributed by atoms with van der Waals surface area (Å²) in [6.07, 6.45) is 16.0. The van der Waals surface area contributed by atoms with Crippen molar-refractivity contribution in [3.63, 3.8) is 0 Å². The fraction of sp³-hybridized carbons (Fsp3) is 0.846. The minimum absolute atomic E-state index is 0.0947. The van der Waals surface area contributed by atoms with Gasteiger partial charge in [0.05, 0.1) is 18.0 Å². The van der Waals surface area contributed by atoms with E-state index in [1.165, 1.54) is 82.7 Å². The summed E-state index contributed by atoms with van der Waals surface area (Å²) >= 11 is 0. The van der Waals surface area contributed by atoms with Crippen molar-refractivity contribution in [2.45, 2.75) is 94.8 Å². The molecule has 0 atom stereocenters. The van der Waals surface area contributed by atoms with E-state index in [9.17, 15) is 4.79 Å². The van der Waals surface area contributed by atoms with E-state index in [4.69, 9.17) is 9.84 Å². The molecule has 8 aliphatic rings. The van der Waals surface area contributed by atoms with E-state index >= 15 is 0 Å². The molecule has 4 nitrogen and oxygen atoms in total. The van der Waals surface area contributed by atoms with E-state index in [0.29, 0.717) is 6.61 Å². The summed E-state index contributed by atoms with van der Waals surface area (Å²) in [5, 5.41) is 8.59. The van der Waals surface area contributed by atoms with Crippen molar-refractivity contribution in [3.8, 4) is 0 Å². The van der Waals surface area contributed by atoms with Crippen LogP contribution in [0.1, 0.15) is 106 Å². The number of aromatic nitrogens is 2. The average Bonchev–Trinajstić information content (AvgIpc) is 3.13. The summed E-state index contributed by atoms with van der Waals surface area (Å²) in [6.45, 7) is 2.39. The van der Waals surface area contributed by atoms with Crippen LogP contribution >= 0.6 is 0 Å². The van der Waals surface area contributed by atoms with Gasteiger partial charge in [0.25, 0.3) is 0 Å². The van der Waals surface area contributed by atoms with Gasteiger partial charge in [0.1, 0.15) is 5.56 Å². The first-order valence-electron chi connectivity index (χ1n) is 12.8. The first-order valence-corrected chi connectivity index (χ1v) is 12.8. The number of esters is 1. The molecule has 1 aromatic heterocycles. The first-order chi connectivity index (χ1) is 14.6. The minimum atomic E-state index is -0.0947. The van der Waals surface area contributed by atoms with Crippen molar-refractivity contribution in [2.24, 2.45) is 35.5 Å². The minimum Gasteiger partial charge on any atom is -0.462 e. The molecule has 0 amide bonds. The Kier molecular flexibility index (Phi) is 3.74. The lowest BCUT2D eigenvalue weighted by Gasteiger charge is -2.57. The van der Waals surface area contributed by atoms with Gasteiger partial charge in [-0.25, -0.2) is 4.79 Å². The van der Waals surface area contributed by atoms with Gasteiger partial charge >= 0.3 is 5.97 Å². The number of H-pyrrole nitrogens is 1. The molecule has 0 aromatic carbocycles. The molecule has 8 aliphatic carbocycles. The quantitative estimate of drug-likeness (QED) is 0.667. The van der Waals surface area contributed by atoms with Crippen molar-refractivity contribution >= 4 is 5.97 Å². The highest BCUT2D eigenvalue weighted by molar-refractivity contribution is 5.93. The number of carbonyl (C=O) groups excluding carboxylic acids is 1. The molecule has 162 valence electrons. The molecule has 0 spiro atoms. The second-order valence-electron chi connectivity index (χ2n) is 12.4. The molecule has 8 bridgehead atoms. The van der Waals surface area contributed by atoms with Crippen LogP contribution in [0, 0.1) is 35.5 Å². The van der Waals surface area contributed by atoms with Gasteiger partial charge in [-0.3, -0.25) is 5.10 Å². The van der Waals surface area contributed by atoms with Gasteiger partial charge in [0.15, 0.2) is 0 Å². The van der Waals surface area contributed by atoms with E-state index in [1.807, 2.05) is 6.92 Å². The SMILES string of the molecule is CCOC(=O)c1c(C23CC4CC(CC(C4)C2)C3)n[nH]c1C12CC3CC(CC(C3)C1)C2. The van der Waals surface area contributed by atoms with E-state index in [0.717, 1.165) is 46.8 Å². The van der Waals surface area contributed by atoms with Crippen LogP contribution in [0.2, 0.25) is 0 Å². The van der Waals surface area contributed by atoms with Crippen molar-refractivity contribution in [3.05, 3.63) is 17.0 Å². The number of ether oxygens (including phenoxy) is 1. The van der Waals surface area contributed by atoms with E-state index in [1.54, 1.807) is 0 Å². The lowest BCUT2D eigenvalue weighted by molar-refractivity contribution is -0.00991. The van der Waals surface area contributed by atoms with Gasteiger partial charge in [0, 0.05) is 10.8 Å². The van der Waals surface area contributed by atoms with Crippen LogP contribution in [0.3, 0.4) is 0 Å². The highest BCUT2D eigenvalue weighted by Crippen LogP contribution is 2.64. The topological polar surface area (TPSA) is 55.0 Å². The number of rotatable bonds is 4. The standard InChI is InChI=1S/C26H36N2O2/c1-2-30-24(29)21-22(25-9-15-3-16(10-25)5-17(4-15)11-25)27-28-23(21)26-12-18-6-19(13-26)8-20(7-18)14-26/h15-20H,2-14H2,1H3,(H,27,28). The predicted molar refractivity (Wildman–Crippen MR) is 114 cm³/mol.